The molecular formula is C15H32N2O3. The van der Waals surface area contributed by atoms with Crippen molar-refractivity contribution < 1.29 is 14.3 Å². The van der Waals surface area contributed by atoms with E-state index in [1.807, 2.05) is 27.7 Å². The summed E-state index contributed by atoms with van der Waals surface area (Å²) >= 11 is 0. The first kappa shape index (κ1) is 19.4. The normalized spacial score (nSPS) is 16.7. The Bertz CT molecular complexity index is 295. The van der Waals surface area contributed by atoms with Crippen LogP contribution in [0.4, 0.5) is 0 Å². The summed E-state index contributed by atoms with van der Waals surface area (Å²) < 4.78 is 11.1. The molecule has 20 heavy (non-hydrogen) atoms. The van der Waals surface area contributed by atoms with Crippen molar-refractivity contribution in [3.8, 4) is 0 Å². The summed E-state index contributed by atoms with van der Waals surface area (Å²) in [5.41, 5.74) is 4.60. The van der Waals surface area contributed by atoms with E-state index in [0.717, 1.165) is 19.4 Å². The Kier molecular flexibility index (Phi) is 8.32. The molecule has 0 rings (SSSR count). The third kappa shape index (κ3) is 7.22. The van der Waals surface area contributed by atoms with E-state index in [1.165, 1.54) is 0 Å². The van der Waals surface area contributed by atoms with Gasteiger partial charge >= 0.3 is 0 Å². The molecule has 0 fully saturated rings. The molecule has 0 saturated heterocycles. The average molecular weight is 288 g/mol. The maximum Gasteiger partial charge on any atom is 0.237 e. The summed E-state index contributed by atoms with van der Waals surface area (Å²) in [4.78, 5) is 11.6. The molecule has 5 nitrogen and oxygen atoms in total. The van der Waals surface area contributed by atoms with Crippen LogP contribution in [0.1, 0.15) is 53.9 Å². The Morgan fingerprint density at radius 3 is 2.40 bits per heavy atom. The van der Waals surface area contributed by atoms with E-state index in [0.29, 0.717) is 13.0 Å². The second-order valence-electron chi connectivity index (χ2n) is 6.22. The van der Waals surface area contributed by atoms with Gasteiger partial charge < -0.3 is 20.5 Å². The number of rotatable bonds is 11. The van der Waals surface area contributed by atoms with Crippen molar-refractivity contribution in [1.82, 2.24) is 5.32 Å². The van der Waals surface area contributed by atoms with E-state index in [1.54, 1.807) is 7.11 Å². The smallest absolute Gasteiger partial charge is 0.237 e. The van der Waals surface area contributed by atoms with Crippen LogP contribution in [0.25, 0.3) is 0 Å². The average Bonchev–Trinajstić information content (AvgIpc) is 2.36. The van der Waals surface area contributed by atoms with Gasteiger partial charge in [-0.25, -0.2) is 0 Å². The number of hydrogen-bond donors (Lipinski definition) is 2. The predicted molar refractivity (Wildman–Crippen MR) is 81.6 cm³/mol. The fourth-order valence-electron chi connectivity index (χ4n) is 1.90. The van der Waals surface area contributed by atoms with Crippen LogP contribution in [0.3, 0.4) is 0 Å². The Balaban J connectivity index is 4.27. The first-order valence-electron chi connectivity index (χ1n) is 7.38. The number of carbonyl (C=O) groups is 1. The zero-order chi connectivity index (χ0) is 15.8. The minimum Gasteiger partial charge on any atom is -0.379 e. The van der Waals surface area contributed by atoms with E-state index in [-0.39, 0.29) is 17.6 Å². The summed E-state index contributed by atoms with van der Waals surface area (Å²) in [6.45, 7) is 11.3. The van der Waals surface area contributed by atoms with Gasteiger partial charge in [-0.1, -0.05) is 6.92 Å². The lowest BCUT2D eigenvalue weighted by molar-refractivity contribution is -0.125. The number of hydrogen-bond acceptors (Lipinski definition) is 4. The fourth-order valence-corrected chi connectivity index (χ4v) is 1.90. The van der Waals surface area contributed by atoms with Gasteiger partial charge in [0.25, 0.3) is 0 Å². The van der Waals surface area contributed by atoms with Gasteiger partial charge in [0.2, 0.25) is 5.91 Å². The molecular weight excluding hydrogens is 256 g/mol. The predicted octanol–water partition coefficient (Wildman–Crippen LogP) is 1.84. The molecule has 0 aromatic rings. The minimum absolute atomic E-state index is 0.0375. The molecule has 5 heteroatoms. The molecule has 0 bridgehead atoms. The molecule has 2 atom stereocenters. The topological polar surface area (TPSA) is 73.6 Å². The van der Waals surface area contributed by atoms with Crippen LogP contribution in [-0.4, -0.2) is 43.4 Å². The molecule has 0 aliphatic rings. The van der Waals surface area contributed by atoms with Gasteiger partial charge in [-0.2, -0.15) is 0 Å². The highest BCUT2D eigenvalue weighted by molar-refractivity contribution is 5.84. The maximum absolute atomic E-state index is 11.6. The monoisotopic (exact) mass is 288 g/mol. The molecule has 120 valence electrons. The second kappa shape index (κ2) is 8.60. The van der Waals surface area contributed by atoms with Gasteiger partial charge in [0, 0.05) is 20.1 Å². The van der Waals surface area contributed by atoms with Crippen LogP contribution >= 0.6 is 0 Å². The van der Waals surface area contributed by atoms with Crippen molar-refractivity contribution >= 4 is 5.91 Å². The lowest BCUT2D eigenvalue weighted by atomic mass is 9.93. The van der Waals surface area contributed by atoms with Crippen LogP contribution in [0.5, 0.6) is 0 Å². The summed E-state index contributed by atoms with van der Waals surface area (Å²) in [6, 6.07) is 0. The molecule has 0 aliphatic carbocycles. The largest absolute Gasteiger partial charge is 0.379 e. The van der Waals surface area contributed by atoms with Gasteiger partial charge in [-0.05, 0) is 47.1 Å². The quantitative estimate of drug-likeness (QED) is 0.608. The second-order valence-corrected chi connectivity index (χ2v) is 6.22. The van der Waals surface area contributed by atoms with Gasteiger partial charge in [0.05, 0.1) is 17.2 Å². The Morgan fingerprint density at radius 1 is 1.35 bits per heavy atom. The number of ether oxygens (including phenoxy) is 2. The van der Waals surface area contributed by atoms with E-state index >= 15 is 0 Å². The Hall–Kier alpha value is -0.650. The van der Waals surface area contributed by atoms with E-state index < -0.39 is 5.54 Å². The van der Waals surface area contributed by atoms with Crippen molar-refractivity contribution in [1.29, 1.82) is 0 Å². The highest BCUT2D eigenvalue weighted by Gasteiger charge is 2.32. The number of primary amides is 1. The number of nitrogens with two attached hydrogens (primary N) is 1. The standard InChI is InChI=1S/C15H32N2O3/c1-7-9-17-15(5,13(16)18)11-12(2)20-10-8-14(3,4)19-6/h12,17H,7-11H2,1-6H3,(H2,16,18). The lowest BCUT2D eigenvalue weighted by Crippen LogP contribution is -2.55. The van der Waals surface area contributed by atoms with Crippen LogP contribution in [-0.2, 0) is 14.3 Å². The number of methoxy groups -OCH3 is 1. The van der Waals surface area contributed by atoms with Crippen LogP contribution in [0, 0.1) is 0 Å². The SMILES string of the molecule is CCCNC(C)(CC(C)OCCC(C)(C)OC)C(N)=O. The van der Waals surface area contributed by atoms with Gasteiger partial charge in [0.15, 0.2) is 0 Å². The van der Waals surface area contributed by atoms with Crippen LogP contribution in [0.15, 0.2) is 0 Å². The van der Waals surface area contributed by atoms with Crippen molar-refractivity contribution in [2.45, 2.75) is 71.1 Å². The van der Waals surface area contributed by atoms with E-state index in [9.17, 15) is 4.79 Å². The summed E-state index contributed by atoms with van der Waals surface area (Å²) in [7, 11) is 1.70. The third-order valence-corrected chi connectivity index (χ3v) is 3.66. The van der Waals surface area contributed by atoms with E-state index in [2.05, 4.69) is 12.2 Å². The molecule has 0 spiro atoms. The van der Waals surface area contributed by atoms with Gasteiger partial charge in [-0.3, -0.25) is 4.79 Å². The molecule has 0 aromatic heterocycles. The van der Waals surface area contributed by atoms with Gasteiger partial charge in [-0.15, -0.1) is 0 Å². The number of carbonyl (C=O) groups excluding carboxylic acids is 1. The van der Waals surface area contributed by atoms with Gasteiger partial charge in [0.1, 0.15) is 0 Å². The van der Waals surface area contributed by atoms with Crippen LogP contribution < -0.4 is 11.1 Å². The molecule has 0 radical (unpaired) electrons. The first-order chi connectivity index (χ1) is 9.17. The Morgan fingerprint density at radius 2 is 1.95 bits per heavy atom. The molecule has 0 aliphatic heterocycles. The number of nitrogens with one attached hydrogen (secondary N) is 1. The highest BCUT2D eigenvalue weighted by atomic mass is 16.5. The highest BCUT2D eigenvalue weighted by Crippen LogP contribution is 2.17. The zero-order valence-corrected chi connectivity index (χ0v) is 13.9. The molecule has 3 N–H and O–H groups in total. The van der Waals surface area contributed by atoms with Crippen molar-refractivity contribution in [2.75, 3.05) is 20.3 Å². The van der Waals surface area contributed by atoms with E-state index in [4.69, 9.17) is 15.2 Å². The lowest BCUT2D eigenvalue weighted by Gasteiger charge is -2.31. The third-order valence-electron chi connectivity index (χ3n) is 3.66. The maximum atomic E-state index is 11.6. The summed E-state index contributed by atoms with van der Waals surface area (Å²) in [5, 5.41) is 3.21. The molecule has 0 saturated carbocycles. The first-order valence-corrected chi connectivity index (χ1v) is 7.38. The van der Waals surface area contributed by atoms with Crippen molar-refractivity contribution in [3.05, 3.63) is 0 Å². The number of amides is 1. The molecule has 2 unspecified atom stereocenters. The minimum atomic E-state index is -0.716. The van der Waals surface area contributed by atoms with Crippen molar-refractivity contribution in [2.24, 2.45) is 5.73 Å². The molecule has 0 heterocycles. The molecule has 0 aromatic carbocycles. The van der Waals surface area contributed by atoms with Crippen LogP contribution in [0.2, 0.25) is 0 Å². The van der Waals surface area contributed by atoms with Crippen molar-refractivity contribution in [3.63, 3.8) is 0 Å². The zero-order valence-electron chi connectivity index (χ0n) is 13.9. The molecule has 1 amide bonds. The summed E-state index contributed by atoms with van der Waals surface area (Å²) in [6.07, 6.45) is 2.30. The summed E-state index contributed by atoms with van der Waals surface area (Å²) in [5.74, 6) is -0.335. The fraction of sp³-hybridized carbons (Fsp3) is 0.933. The Labute approximate surface area is 123 Å².